The summed E-state index contributed by atoms with van der Waals surface area (Å²) in [5.74, 6) is 0. The first-order valence-electron chi connectivity index (χ1n) is 10.8. The van der Waals surface area contributed by atoms with Gasteiger partial charge in [0.2, 0.25) is 0 Å². The standard InChI is InChI=1S/C19H34O15/c1-5-8(22)10(24)12(26)17(30-5)34-16-14(28)15(7(4-21)32-19(16)29-2)33-18-13(27)11(25)9(23)6(3-20)31-18/h5-28H,3-4H2,1-2H3/t5?,6?,7?,8?,9?,10?,11?,12?,13?,14?,15?,16-,17?,18?,19?/m0/s1. The van der Waals surface area contributed by atoms with E-state index in [2.05, 4.69) is 0 Å². The third kappa shape index (κ3) is 5.39. The van der Waals surface area contributed by atoms with Crippen LogP contribution in [0.15, 0.2) is 0 Å². The lowest BCUT2D eigenvalue weighted by atomic mass is 9.96. The number of aliphatic hydroxyl groups is 9. The van der Waals surface area contributed by atoms with Gasteiger partial charge in [-0.15, -0.1) is 0 Å². The highest BCUT2D eigenvalue weighted by molar-refractivity contribution is 4.96. The molecule has 0 spiro atoms. The zero-order valence-corrected chi connectivity index (χ0v) is 18.5. The van der Waals surface area contributed by atoms with E-state index in [-0.39, 0.29) is 0 Å². The Kier molecular flexibility index (Phi) is 9.57. The number of rotatable bonds is 7. The molecule has 3 heterocycles. The Bertz CT molecular complexity index is 639. The van der Waals surface area contributed by atoms with Crippen molar-refractivity contribution < 1.29 is 74.4 Å². The van der Waals surface area contributed by atoms with Crippen LogP contribution in [0.1, 0.15) is 6.92 Å². The summed E-state index contributed by atoms with van der Waals surface area (Å²) in [4.78, 5) is 0. The first kappa shape index (κ1) is 28.0. The van der Waals surface area contributed by atoms with Gasteiger partial charge in [-0.2, -0.15) is 0 Å². The van der Waals surface area contributed by atoms with Crippen LogP contribution < -0.4 is 0 Å². The number of hydrogen-bond donors (Lipinski definition) is 9. The molecule has 15 heteroatoms. The third-order valence-electron chi connectivity index (χ3n) is 6.27. The highest BCUT2D eigenvalue weighted by Crippen LogP contribution is 2.32. The Morgan fingerprint density at radius 1 is 0.559 bits per heavy atom. The van der Waals surface area contributed by atoms with E-state index in [1.54, 1.807) is 0 Å². The second-order valence-electron chi connectivity index (χ2n) is 8.53. The maximum Gasteiger partial charge on any atom is 0.187 e. The van der Waals surface area contributed by atoms with Gasteiger partial charge >= 0.3 is 0 Å². The molecule has 0 aromatic rings. The van der Waals surface area contributed by atoms with Gasteiger partial charge < -0.3 is 74.4 Å². The zero-order chi connectivity index (χ0) is 25.3. The average Bonchev–Trinajstić information content (AvgIpc) is 2.83. The summed E-state index contributed by atoms with van der Waals surface area (Å²) >= 11 is 0. The van der Waals surface area contributed by atoms with Crippen molar-refractivity contribution in [3.8, 4) is 0 Å². The van der Waals surface area contributed by atoms with E-state index in [1.165, 1.54) is 14.0 Å². The predicted octanol–water partition coefficient (Wildman–Crippen LogP) is -5.89. The summed E-state index contributed by atoms with van der Waals surface area (Å²) in [5.41, 5.74) is 0. The highest BCUT2D eigenvalue weighted by atomic mass is 16.8. The SMILES string of the molecule is COC1OC(CO)C(OC2OC(CO)C(O)C(O)C2O)C(O)[C@@H]1OC1OC(C)C(O)C(O)C1O. The maximum absolute atomic E-state index is 11.0. The van der Waals surface area contributed by atoms with E-state index >= 15 is 0 Å². The van der Waals surface area contributed by atoms with Crippen LogP contribution in [0, 0.1) is 0 Å². The van der Waals surface area contributed by atoms with E-state index < -0.39 is 105 Å². The fourth-order valence-electron chi connectivity index (χ4n) is 4.16. The second-order valence-corrected chi connectivity index (χ2v) is 8.53. The van der Waals surface area contributed by atoms with E-state index in [0.717, 1.165) is 0 Å². The van der Waals surface area contributed by atoms with Crippen molar-refractivity contribution in [2.24, 2.45) is 0 Å². The number of ether oxygens (including phenoxy) is 6. The van der Waals surface area contributed by atoms with Crippen molar-refractivity contribution in [1.82, 2.24) is 0 Å². The Hall–Kier alpha value is -0.600. The van der Waals surface area contributed by atoms with E-state index in [4.69, 9.17) is 28.4 Å². The molecule has 0 amide bonds. The molecule has 0 radical (unpaired) electrons. The monoisotopic (exact) mass is 502 g/mol. The van der Waals surface area contributed by atoms with Crippen LogP contribution in [0.25, 0.3) is 0 Å². The van der Waals surface area contributed by atoms with E-state index in [1.807, 2.05) is 0 Å². The van der Waals surface area contributed by atoms with Crippen molar-refractivity contribution in [3.63, 3.8) is 0 Å². The fourth-order valence-corrected chi connectivity index (χ4v) is 4.16. The number of aliphatic hydroxyl groups excluding tert-OH is 9. The predicted molar refractivity (Wildman–Crippen MR) is 105 cm³/mol. The normalized spacial score (nSPS) is 52.5. The van der Waals surface area contributed by atoms with Crippen LogP contribution in [0.4, 0.5) is 0 Å². The molecule has 3 rings (SSSR count). The first-order chi connectivity index (χ1) is 16.0. The second kappa shape index (κ2) is 11.6. The molecule has 9 N–H and O–H groups in total. The van der Waals surface area contributed by atoms with Crippen molar-refractivity contribution >= 4 is 0 Å². The van der Waals surface area contributed by atoms with Gasteiger partial charge in [0.25, 0.3) is 0 Å². The maximum atomic E-state index is 11.0. The number of hydrogen-bond acceptors (Lipinski definition) is 15. The summed E-state index contributed by atoms with van der Waals surface area (Å²) in [6.45, 7) is 0.0412. The summed E-state index contributed by atoms with van der Waals surface area (Å²) < 4.78 is 32.7. The topological polar surface area (TPSA) is 237 Å². The molecule has 14 unspecified atom stereocenters. The Morgan fingerprint density at radius 2 is 1.06 bits per heavy atom. The van der Waals surface area contributed by atoms with Gasteiger partial charge in [0, 0.05) is 7.11 Å². The third-order valence-corrected chi connectivity index (χ3v) is 6.27. The molecule has 15 nitrogen and oxygen atoms in total. The van der Waals surface area contributed by atoms with Gasteiger partial charge in [-0.05, 0) is 6.92 Å². The molecule has 0 aliphatic carbocycles. The van der Waals surface area contributed by atoms with Crippen LogP contribution in [0.5, 0.6) is 0 Å². The van der Waals surface area contributed by atoms with Gasteiger partial charge in [0.15, 0.2) is 18.9 Å². The minimum absolute atomic E-state index is 0.684. The minimum atomic E-state index is -1.79. The van der Waals surface area contributed by atoms with Gasteiger partial charge in [-0.3, -0.25) is 0 Å². The lowest BCUT2D eigenvalue weighted by Gasteiger charge is -2.48. The lowest BCUT2D eigenvalue weighted by Crippen LogP contribution is -2.66. The molecule has 3 aliphatic heterocycles. The molecular formula is C19H34O15. The van der Waals surface area contributed by atoms with Gasteiger partial charge in [-0.25, -0.2) is 0 Å². The first-order valence-corrected chi connectivity index (χ1v) is 10.8. The van der Waals surface area contributed by atoms with Crippen molar-refractivity contribution in [2.45, 2.75) is 99.0 Å². The quantitative estimate of drug-likeness (QED) is 0.157. The smallest absolute Gasteiger partial charge is 0.187 e. The Labute approximate surface area is 194 Å². The van der Waals surface area contributed by atoms with Gasteiger partial charge in [0.05, 0.1) is 19.3 Å². The molecule has 0 aromatic carbocycles. The summed E-state index contributed by atoms with van der Waals surface area (Å²) in [7, 11) is 1.22. The number of methoxy groups -OCH3 is 1. The fraction of sp³-hybridized carbons (Fsp3) is 1.00. The highest BCUT2D eigenvalue weighted by Gasteiger charge is 2.53. The lowest BCUT2D eigenvalue weighted by molar-refractivity contribution is -0.383. The summed E-state index contributed by atoms with van der Waals surface area (Å²) in [6, 6.07) is 0. The minimum Gasteiger partial charge on any atom is -0.394 e. The van der Waals surface area contributed by atoms with Crippen LogP contribution in [0.2, 0.25) is 0 Å². The molecule has 0 saturated carbocycles. The van der Waals surface area contributed by atoms with Crippen molar-refractivity contribution in [1.29, 1.82) is 0 Å². The Morgan fingerprint density at radius 3 is 1.62 bits per heavy atom. The average molecular weight is 502 g/mol. The zero-order valence-electron chi connectivity index (χ0n) is 18.5. The van der Waals surface area contributed by atoms with Crippen molar-refractivity contribution in [3.05, 3.63) is 0 Å². The molecule has 3 saturated heterocycles. The largest absolute Gasteiger partial charge is 0.394 e. The molecule has 0 aromatic heterocycles. The van der Waals surface area contributed by atoms with Crippen LogP contribution >= 0.6 is 0 Å². The van der Waals surface area contributed by atoms with Crippen molar-refractivity contribution in [2.75, 3.05) is 20.3 Å². The Balaban J connectivity index is 1.78. The van der Waals surface area contributed by atoms with E-state index in [0.29, 0.717) is 0 Å². The summed E-state index contributed by atoms with van der Waals surface area (Å²) in [6.07, 6.45) is -22.4. The molecule has 200 valence electrons. The molecule has 34 heavy (non-hydrogen) atoms. The molecule has 0 bridgehead atoms. The van der Waals surface area contributed by atoms with Gasteiger partial charge in [0.1, 0.15) is 67.1 Å². The van der Waals surface area contributed by atoms with Gasteiger partial charge in [-0.1, -0.05) is 0 Å². The van der Waals surface area contributed by atoms with Crippen LogP contribution in [-0.2, 0) is 28.4 Å². The molecule has 3 fully saturated rings. The summed E-state index contributed by atoms with van der Waals surface area (Å²) in [5, 5.41) is 90.4. The van der Waals surface area contributed by atoms with E-state index in [9.17, 15) is 46.0 Å². The van der Waals surface area contributed by atoms with Crippen LogP contribution in [-0.4, -0.2) is 158 Å². The molecule has 3 aliphatic rings. The molecular weight excluding hydrogens is 468 g/mol. The van der Waals surface area contributed by atoms with Crippen LogP contribution in [0.3, 0.4) is 0 Å². The molecule has 15 atom stereocenters.